The Kier molecular flexibility index (Phi) is 13.2. The van der Waals surface area contributed by atoms with E-state index in [2.05, 4.69) is 27.7 Å². The highest BCUT2D eigenvalue weighted by Gasteiger charge is 2.31. The van der Waals surface area contributed by atoms with E-state index in [4.69, 9.17) is 25.2 Å². The van der Waals surface area contributed by atoms with Crippen molar-refractivity contribution in [3.63, 3.8) is 0 Å². The number of rotatable bonds is 16. The molecule has 0 heterocycles. The fraction of sp³-hybridized carbons (Fsp3) is 0.727. The van der Waals surface area contributed by atoms with Crippen molar-refractivity contribution in [2.75, 3.05) is 13.2 Å². The van der Waals surface area contributed by atoms with Gasteiger partial charge in [0.25, 0.3) is 0 Å². The van der Waals surface area contributed by atoms with Gasteiger partial charge in [-0.05, 0) is 48.9 Å². The number of phosphoric acid groups is 1. The van der Waals surface area contributed by atoms with Crippen LogP contribution in [0.25, 0.3) is 0 Å². The predicted octanol–water partition coefficient (Wildman–Crippen LogP) is 8.29. The molecule has 0 aliphatic heterocycles. The van der Waals surface area contributed by atoms with Crippen molar-refractivity contribution in [2.24, 2.45) is 11.8 Å². The molecule has 4 nitrogen and oxygen atoms in total. The molecular formula is C22H38ClO4P. The van der Waals surface area contributed by atoms with Gasteiger partial charge in [0.1, 0.15) is 5.75 Å². The molecule has 28 heavy (non-hydrogen) atoms. The molecule has 0 saturated heterocycles. The highest BCUT2D eigenvalue weighted by Crippen LogP contribution is 2.50. The number of benzene rings is 1. The summed E-state index contributed by atoms with van der Waals surface area (Å²) < 4.78 is 30.6. The number of phosphoric ester groups is 1. The third-order valence-electron chi connectivity index (χ3n) is 5.05. The van der Waals surface area contributed by atoms with Gasteiger partial charge in [0, 0.05) is 5.02 Å². The standard InChI is InChI=1S/C22H38ClO4P/c1-5-9-11-19(7-3)17-25-28(24,26-18-20(8-4)12-10-6-2)27-22-15-13-21(23)14-16-22/h13-16,19-20H,5-12,17-18H2,1-4H3. The normalized spacial score (nSPS) is 15.8. The molecule has 0 aliphatic rings. The Balaban J connectivity index is 2.79. The summed E-state index contributed by atoms with van der Waals surface area (Å²) in [6, 6.07) is 6.77. The molecule has 2 unspecified atom stereocenters. The first-order valence-corrected chi connectivity index (χ1v) is 12.6. The predicted molar refractivity (Wildman–Crippen MR) is 118 cm³/mol. The average Bonchev–Trinajstić information content (AvgIpc) is 2.70. The zero-order valence-electron chi connectivity index (χ0n) is 18.0. The molecule has 0 aliphatic carbocycles. The highest BCUT2D eigenvalue weighted by molar-refractivity contribution is 7.48. The molecule has 0 amide bonds. The van der Waals surface area contributed by atoms with Crippen LogP contribution in [0.4, 0.5) is 0 Å². The number of unbranched alkanes of at least 4 members (excludes halogenated alkanes) is 2. The van der Waals surface area contributed by atoms with Gasteiger partial charge >= 0.3 is 7.82 Å². The summed E-state index contributed by atoms with van der Waals surface area (Å²) in [5, 5.41) is 0.597. The third kappa shape index (κ3) is 10.3. The zero-order chi connectivity index (χ0) is 20.8. The number of hydrogen-bond donors (Lipinski definition) is 0. The molecular weight excluding hydrogens is 395 g/mol. The van der Waals surface area contributed by atoms with Gasteiger partial charge in [-0.3, -0.25) is 9.05 Å². The van der Waals surface area contributed by atoms with Crippen LogP contribution in [0.15, 0.2) is 24.3 Å². The van der Waals surface area contributed by atoms with Crippen LogP contribution in [0.2, 0.25) is 5.02 Å². The van der Waals surface area contributed by atoms with Crippen molar-refractivity contribution < 1.29 is 18.1 Å². The molecule has 0 N–H and O–H groups in total. The lowest BCUT2D eigenvalue weighted by Gasteiger charge is -2.23. The van der Waals surface area contributed by atoms with E-state index in [9.17, 15) is 4.57 Å². The Morgan fingerprint density at radius 2 is 1.32 bits per heavy atom. The molecule has 0 radical (unpaired) electrons. The summed E-state index contributed by atoms with van der Waals surface area (Å²) in [6.45, 7) is 9.37. The van der Waals surface area contributed by atoms with Crippen molar-refractivity contribution in [2.45, 2.75) is 79.1 Å². The smallest absolute Gasteiger partial charge is 0.404 e. The summed E-state index contributed by atoms with van der Waals surface area (Å²) in [7, 11) is -3.70. The van der Waals surface area contributed by atoms with Crippen LogP contribution < -0.4 is 4.52 Å². The maximum absolute atomic E-state index is 13.4. The van der Waals surface area contributed by atoms with E-state index in [1.54, 1.807) is 24.3 Å². The minimum Gasteiger partial charge on any atom is -0.404 e. The van der Waals surface area contributed by atoms with E-state index in [1.165, 1.54) is 0 Å². The first-order valence-electron chi connectivity index (χ1n) is 10.8. The summed E-state index contributed by atoms with van der Waals surface area (Å²) in [4.78, 5) is 0. The van der Waals surface area contributed by atoms with Gasteiger partial charge in [-0.25, -0.2) is 4.57 Å². The number of hydrogen-bond acceptors (Lipinski definition) is 4. The lowest BCUT2D eigenvalue weighted by molar-refractivity contribution is 0.115. The molecule has 2 atom stereocenters. The summed E-state index contributed by atoms with van der Waals surface area (Å²) in [5.74, 6) is 1.15. The highest BCUT2D eigenvalue weighted by atomic mass is 35.5. The second-order valence-corrected chi connectivity index (χ2v) is 9.45. The number of halogens is 1. The molecule has 0 aromatic heterocycles. The Labute approximate surface area is 176 Å². The molecule has 0 fully saturated rings. The van der Waals surface area contributed by atoms with Crippen LogP contribution in [0, 0.1) is 11.8 Å². The summed E-state index contributed by atoms with van der Waals surface area (Å²) in [5.41, 5.74) is 0. The van der Waals surface area contributed by atoms with Gasteiger partial charge in [-0.1, -0.05) is 77.8 Å². The maximum atomic E-state index is 13.4. The summed E-state index contributed by atoms with van der Waals surface area (Å²) >= 11 is 5.94. The topological polar surface area (TPSA) is 44.8 Å². The van der Waals surface area contributed by atoms with Gasteiger partial charge in [-0.2, -0.15) is 0 Å². The van der Waals surface area contributed by atoms with Crippen LogP contribution in [-0.4, -0.2) is 13.2 Å². The van der Waals surface area contributed by atoms with E-state index in [0.29, 0.717) is 35.8 Å². The first-order chi connectivity index (χ1) is 13.5. The van der Waals surface area contributed by atoms with Crippen molar-refractivity contribution in [3.8, 4) is 5.75 Å². The van der Waals surface area contributed by atoms with E-state index in [-0.39, 0.29) is 0 Å². The fourth-order valence-corrected chi connectivity index (χ4v) is 4.38. The van der Waals surface area contributed by atoms with Gasteiger partial charge < -0.3 is 4.52 Å². The van der Waals surface area contributed by atoms with E-state index < -0.39 is 7.82 Å². The van der Waals surface area contributed by atoms with Crippen molar-refractivity contribution in [1.82, 2.24) is 0 Å². The van der Waals surface area contributed by atoms with E-state index >= 15 is 0 Å². The second-order valence-electron chi connectivity index (χ2n) is 7.42. The second kappa shape index (κ2) is 14.4. The van der Waals surface area contributed by atoms with Gasteiger partial charge in [-0.15, -0.1) is 0 Å². The SMILES string of the molecule is CCCCC(CC)COP(=O)(OCC(CC)CCCC)Oc1ccc(Cl)cc1. The Morgan fingerprint density at radius 3 is 1.71 bits per heavy atom. The monoisotopic (exact) mass is 432 g/mol. The molecule has 0 saturated carbocycles. The maximum Gasteiger partial charge on any atom is 0.530 e. The minimum absolute atomic E-state index is 0.354. The molecule has 0 spiro atoms. The molecule has 6 heteroatoms. The first kappa shape index (κ1) is 25.5. The zero-order valence-corrected chi connectivity index (χ0v) is 19.6. The van der Waals surface area contributed by atoms with Crippen LogP contribution in [-0.2, 0) is 13.6 Å². The molecule has 1 aromatic carbocycles. The van der Waals surface area contributed by atoms with Gasteiger partial charge in [0.15, 0.2) is 0 Å². The lowest BCUT2D eigenvalue weighted by Crippen LogP contribution is -2.14. The van der Waals surface area contributed by atoms with E-state index in [1.807, 2.05) is 0 Å². The third-order valence-corrected chi connectivity index (χ3v) is 6.67. The molecule has 0 bridgehead atoms. The Morgan fingerprint density at radius 1 is 0.857 bits per heavy atom. The van der Waals surface area contributed by atoms with E-state index in [0.717, 1.165) is 51.4 Å². The van der Waals surface area contributed by atoms with Crippen LogP contribution in [0.1, 0.15) is 79.1 Å². The average molecular weight is 433 g/mol. The molecule has 1 rings (SSSR count). The van der Waals surface area contributed by atoms with Crippen LogP contribution in [0.3, 0.4) is 0 Å². The largest absolute Gasteiger partial charge is 0.530 e. The van der Waals surface area contributed by atoms with Crippen LogP contribution >= 0.6 is 19.4 Å². The molecule has 1 aromatic rings. The fourth-order valence-electron chi connectivity index (χ4n) is 2.90. The van der Waals surface area contributed by atoms with Crippen molar-refractivity contribution >= 4 is 19.4 Å². The quantitative estimate of drug-likeness (QED) is 0.246. The Hall–Kier alpha value is -0.540. The lowest BCUT2D eigenvalue weighted by atomic mass is 10.0. The Bertz CT molecular complexity index is 540. The van der Waals surface area contributed by atoms with Gasteiger partial charge in [0.05, 0.1) is 13.2 Å². The van der Waals surface area contributed by atoms with Crippen LogP contribution in [0.5, 0.6) is 5.75 Å². The van der Waals surface area contributed by atoms with Crippen molar-refractivity contribution in [3.05, 3.63) is 29.3 Å². The summed E-state index contributed by atoms with van der Waals surface area (Å²) in [6.07, 6.45) is 8.64. The molecule has 162 valence electrons. The minimum atomic E-state index is -3.70. The van der Waals surface area contributed by atoms with Gasteiger partial charge in [0.2, 0.25) is 0 Å². The van der Waals surface area contributed by atoms with Crippen molar-refractivity contribution in [1.29, 1.82) is 0 Å².